The van der Waals surface area contributed by atoms with E-state index in [1.165, 1.54) is 0 Å². The van der Waals surface area contributed by atoms with E-state index in [2.05, 4.69) is 20.3 Å². The predicted molar refractivity (Wildman–Crippen MR) is 121 cm³/mol. The van der Waals surface area contributed by atoms with Gasteiger partial charge in [0.2, 0.25) is 10.0 Å². The van der Waals surface area contributed by atoms with Gasteiger partial charge in [0.15, 0.2) is 5.96 Å². The first kappa shape index (κ1) is 23.1. The average molecular weight is 447 g/mol. The van der Waals surface area contributed by atoms with Crippen LogP contribution in [-0.2, 0) is 21.3 Å². The monoisotopic (exact) mass is 446 g/mol. The van der Waals surface area contributed by atoms with Crippen molar-refractivity contribution in [2.45, 2.75) is 30.4 Å². The first-order valence-corrected chi connectivity index (χ1v) is 11.9. The molecule has 1 fully saturated rings. The lowest BCUT2D eigenvalue weighted by Gasteiger charge is -2.13. The Labute approximate surface area is 184 Å². The van der Waals surface area contributed by atoms with E-state index in [9.17, 15) is 8.42 Å². The topological polar surface area (TPSA) is 101 Å². The Morgan fingerprint density at radius 3 is 2.58 bits per heavy atom. The van der Waals surface area contributed by atoms with Crippen LogP contribution in [-0.4, -0.2) is 53.8 Å². The van der Waals surface area contributed by atoms with Crippen LogP contribution in [0.25, 0.3) is 0 Å². The van der Waals surface area contributed by atoms with Crippen molar-refractivity contribution >= 4 is 16.0 Å². The number of sulfonamides is 1. The van der Waals surface area contributed by atoms with Crippen molar-refractivity contribution in [2.75, 3.05) is 33.4 Å². The molecule has 0 aliphatic carbocycles. The van der Waals surface area contributed by atoms with Gasteiger partial charge in [0.1, 0.15) is 12.4 Å². The molecule has 0 bridgehead atoms. The molecule has 2 aromatic carbocycles. The Bertz CT molecular complexity index is 928. The Hall–Kier alpha value is -2.62. The maximum atomic E-state index is 12.4. The van der Waals surface area contributed by atoms with Crippen molar-refractivity contribution in [1.82, 2.24) is 15.4 Å². The summed E-state index contributed by atoms with van der Waals surface area (Å²) in [5, 5.41) is 6.39. The van der Waals surface area contributed by atoms with E-state index in [1.54, 1.807) is 31.3 Å². The molecule has 168 valence electrons. The normalized spacial score (nSPS) is 16.8. The fourth-order valence-corrected chi connectivity index (χ4v) is 4.21. The van der Waals surface area contributed by atoms with Crippen molar-refractivity contribution in [3.63, 3.8) is 0 Å². The Morgan fingerprint density at radius 2 is 1.90 bits per heavy atom. The molecule has 1 heterocycles. The number of nitrogens with zero attached hydrogens (tertiary/aromatic N) is 1. The fourth-order valence-electron chi connectivity index (χ4n) is 3.14. The number of guanidine groups is 1. The molecule has 0 radical (unpaired) electrons. The SMILES string of the molecule is CN=C(NCCOc1ccccc1)NCc1ccc(S(=O)(=O)NCC2CCCO2)cc1. The van der Waals surface area contributed by atoms with Crippen LogP contribution in [0.5, 0.6) is 5.75 Å². The zero-order valence-corrected chi connectivity index (χ0v) is 18.5. The summed E-state index contributed by atoms with van der Waals surface area (Å²) in [5.74, 6) is 1.47. The fraction of sp³-hybridized carbons (Fsp3) is 0.409. The Balaban J connectivity index is 1.40. The third kappa shape index (κ3) is 7.54. The second kappa shape index (κ2) is 11.7. The highest BCUT2D eigenvalue weighted by molar-refractivity contribution is 7.89. The van der Waals surface area contributed by atoms with E-state index in [0.29, 0.717) is 38.8 Å². The molecule has 1 aliphatic rings. The van der Waals surface area contributed by atoms with Gasteiger partial charge in [0.25, 0.3) is 0 Å². The highest BCUT2D eigenvalue weighted by Gasteiger charge is 2.20. The van der Waals surface area contributed by atoms with Gasteiger partial charge >= 0.3 is 0 Å². The lowest BCUT2D eigenvalue weighted by Crippen LogP contribution is -2.38. The Kier molecular flexibility index (Phi) is 8.69. The number of rotatable bonds is 10. The molecule has 0 saturated carbocycles. The van der Waals surface area contributed by atoms with Crippen LogP contribution in [0.3, 0.4) is 0 Å². The van der Waals surface area contributed by atoms with Crippen LogP contribution in [0.15, 0.2) is 64.5 Å². The highest BCUT2D eigenvalue weighted by atomic mass is 32.2. The second-order valence-corrected chi connectivity index (χ2v) is 8.91. The number of ether oxygens (including phenoxy) is 2. The number of nitrogens with one attached hydrogen (secondary N) is 3. The molecule has 1 aliphatic heterocycles. The van der Waals surface area contributed by atoms with Gasteiger partial charge in [0.05, 0.1) is 17.5 Å². The first-order chi connectivity index (χ1) is 15.1. The summed E-state index contributed by atoms with van der Waals surface area (Å²) in [6.07, 6.45) is 1.84. The van der Waals surface area contributed by atoms with Gasteiger partial charge in [-0.3, -0.25) is 4.99 Å². The van der Waals surface area contributed by atoms with Crippen molar-refractivity contribution in [2.24, 2.45) is 4.99 Å². The maximum Gasteiger partial charge on any atom is 0.240 e. The molecular weight excluding hydrogens is 416 g/mol. The summed E-state index contributed by atoms with van der Waals surface area (Å²) in [6, 6.07) is 16.4. The number of hydrogen-bond donors (Lipinski definition) is 3. The van der Waals surface area contributed by atoms with E-state index in [1.807, 2.05) is 30.3 Å². The number of para-hydroxylation sites is 1. The summed E-state index contributed by atoms with van der Waals surface area (Å²) in [6.45, 7) is 2.63. The molecule has 31 heavy (non-hydrogen) atoms. The van der Waals surface area contributed by atoms with Crippen LogP contribution in [0.2, 0.25) is 0 Å². The van der Waals surface area contributed by atoms with E-state index in [4.69, 9.17) is 9.47 Å². The molecule has 1 saturated heterocycles. The van der Waals surface area contributed by atoms with Crippen molar-refractivity contribution in [3.05, 3.63) is 60.2 Å². The van der Waals surface area contributed by atoms with Crippen LogP contribution in [0, 0.1) is 0 Å². The zero-order valence-electron chi connectivity index (χ0n) is 17.7. The van der Waals surface area contributed by atoms with Crippen molar-refractivity contribution < 1.29 is 17.9 Å². The van der Waals surface area contributed by atoms with Gasteiger partial charge in [-0.15, -0.1) is 0 Å². The van der Waals surface area contributed by atoms with E-state index in [0.717, 1.165) is 24.2 Å². The van der Waals surface area contributed by atoms with Gasteiger partial charge in [-0.05, 0) is 42.7 Å². The summed E-state index contributed by atoms with van der Waals surface area (Å²) in [5.41, 5.74) is 0.946. The molecule has 0 amide bonds. The third-order valence-electron chi connectivity index (χ3n) is 4.85. The van der Waals surface area contributed by atoms with Crippen LogP contribution < -0.4 is 20.1 Å². The number of benzene rings is 2. The summed E-state index contributed by atoms with van der Waals surface area (Å²) in [7, 11) is -1.84. The van der Waals surface area contributed by atoms with Crippen molar-refractivity contribution in [3.8, 4) is 5.75 Å². The summed E-state index contributed by atoms with van der Waals surface area (Å²) >= 11 is 0. The third-order valence-corrected chi connectivity index (χ3v) is 6.29. The first-order valence-electron chi connectivity index (χ1n) is 10.4. The average Bonchev–Trinajstić information content (AvgIpc) is 3.32. The van der Waals surface area contributed by atoms with Crippen molar-refractivity contribution in [1.29, 1.82) is 0 Å². The molecule has 3 rings (SSSR count). The molecule has 0 aromatic heterocycles. The summed E-state index contributed by atoms with van der Waals surface area (Å²) in [4.78, 5) is 4.43. The smallest absolute Gasteiger partial charge is 0.240 e. The maximum absolute atomic E-state index is 12.4. The van der Waals surface area contributed by atoms with Crippen LogP contribution in [0.4, 0.5) is 0 Å². The quantitative estimate of drug-likeness (QED) is 0.293. The molecule has 9 heteroatoms. The highest BCUT2D eigenvalue weighted by Crippen LogP contribution is 2.14. The molecule has 3 N–H and O–H groups in total. The minimum Gasteiger partial charge on any atom is -0.492 e. The van der Waals surface area contributed by atoms with Gasteiger partial charge in [-0.2, -0.15) is 0 Å². The van der Waals surface area contributed by atoms with E-state index in [-0.39, 0.29) is 11.0 Å². The molecule has 8 nitrogen and oxygen atoms in total. The van der Waals surface area contributed by atoms with E-state index >= 15 is 0 Å². The second-order valence-electron chi connectivity index (χ2n) is 7.14. The Morgan fingerprint density at radius 1 is 1.13 bits per heavy atom. The zero-order chi connectivity index (χ0) is 21.9. The minimum absolute atomic E-state index is 0.0319. The van der Waals surface area contributed by atoms with Gasteiger partial charge in [0, 0.05) is 26.7 Å². The lowest BCUT2D eigenvalue weighted by atomic mass is 10.2. The number of hydrogen-bond acceptors (Lipinski definition) is 5. The van der Waals surface area contributed by atoms with Gasteiger partial charge in [-0.25, -0.2) is 13.1 Å². The van der Waals surface area contributed by atoms with Gasteiger partial charge in [-0.1, -0.05) is 30.3 Å². The molecule has 0 spiro atoms. The van der Waals surface area contributed by atoms with Gasteiger partial charge < -0.3 is 20.1 Å². The summed E-state index contributed by atoms with van der Waals surface area (Å²) < 4.78 is 38.6. The molecule has 2 aromatic rings. The lowest BCUT2D eigenvalue weighted by molar-refractivity contribution is 0.114. The van der Waals surface area contributed by atoms with Crippen LogP contribution >= 0.6 is 0 Å². The molecular formula is C22H30N4O4S. The standard InChI is InChI=1S/C22H30N4O4S/c1-23-22(24-13-15-30-19-6-3-2-4-7-19)25-16-18-9-11-21(12-10-18)31(27,28)26-17-20-8-5-14-29-20/h2-4,6-7,9-12,20,26H,5,8,13-17H2,1H3,(H2,23,24,25). The van der Waals surface area contributed by atoms with Crippen LogP contribution in [0.1, 0.15) is 18.4 Å². The largest absolute Gasteiger partial charge is 0.492 e. The predicted octanol–water partition coefficient (Wildman–Crippen LogP) is 1.89. The minimum atomic E-state index is -3.54. The molecule has 1 unspecified atom stereocenters. The molecule has 1 atom stereocenters. The number of aliphatic imine (C=N–C) groups is 1. The van der Waals surface area contributed by atoms with E-state index < -0.39 is 10.0 Å².